The summed E-state index contributed by atoms with van der Waals surface area (Å²) in [5.41, 5.74) is 0. The molecule has 0 unspecified atom stereocenters. The summed E-state index contributed by atoms with van der Waals surface area (Å²) < 4.78 is 36.1. The fraction of sp³-hybridized carbons (Fsp3) is 0.643. The number of fused-ring (bicyclic) bond motifs is 1. The molecule has 0 spiro atoms. The van der Waals surface area contributed by atoms with Crippen LogP contribution in [0.1, 0.15) is 17.5 Å². The van der Waals surface area contributed by atoms with Gasteiger partial charge in [-0.25, -0.2) is 8.42 Å². The number of carbonyl (C=O) groups is 1. The van der Waals surface area contributed by atoms with Crippen LogP contribution in [0.4, 0.5) is 0 Å². The summed E-state index contributed by atoms with van der Waals surface area (Å²) in [6.07, 6.45) is 1.39. The number of carbonyl (C=O) groups excluding carboxylic acids is 1. The van der Waals surface area contributed by atoms with Crippen LogP contribution in [0.5, 0.6) is 0 Å². The monoisotopic (exact) mass is 328 g/mol. The molecule has 0 aliphatic carbocycles. The second-order valence-electron chi connectivity index (χ2n) is 5.70. The zero-order valence-electron chi connectivity index (χ0n) is 12.4. The zero-order chi connectivity index (χ0) is 15.7. The van der Waals surface area contributed by atoms with E-state index < -0.39 is 10.0 Å². The minimum atomic E-state index is -3.18. The van der Waals surface area contributed by atoms with Crippen LogP contribution in [0, 0.1) is 11.8 Å². The quantitative estimate of drug-likeness (QED) is 0.840. The summed E-state index contributed by atoms with van der Waals surface area (Å²) >= 11 is 0. The number of ether oxygens (including phenoxy) is 1. The number of furan rings is 1. The largest absolute Gasteiger partial charge is 0.459 e. The van der Waals surface area contributed by atoms with Gasteiger partial charge in [0.2, 0.25) is 10.0 Å². The molecule has 1 N–H and O–H groups in total. The van der Waals surface area contributed by atoms with Gasteiger partial charge in [-0.2, -0.15) is 4.31 Å². The molecular formula is C14H20N2O5S. The van der Waals surface area contributed by atoms with Crippen molar-refractivity contribution < 1.29 is 22.4 Å². The first-order chi connectivity index (χ1) is 10.5. The molecule has 22 heavy (non-hydrogen) atoms. The fourth-order valence-corrected chi connectivity index (χ4v) is 4.24. The van der Waals surface area contributed by atoms with Crippen molar-refractivity contribution in [1.29, 1.82) is 0 Å². The van der Waals surface area contributed by atoms with Gasteiger partial charge in [0.15, 0.2) is 5.76 Å². The smallest absolute Gasteiger partial charge is 0.286 e. The third-order valence-electron chi connectivity index (χ3n) is 4.43. The van der Waals surface area contributed by atoms with E-state index in [0.29, 0.717) is 26.2 Å². The van der Waals surface area contributed by atoms with Crippen molar-refractivity contribution in [3.63, 3.8) is 0 Å². The highest BCUT2D eigenvalue weighted by molar-refractivity contribution is 7.89. The lowest BCUT2D eigenvalue weighted by atomic mass is 9.93. The van der Waals surface area contributed by atoms with Crippen LogP contribution < -0.4 is 5.32 Å². The van der Waals surface area contributed by atoms with Crippen molar-refractivity contribution in [2.24, 2.45) is 11.8 Å². The van der Waals surface area contributed by atoms with Crippen LogP contribution in [0.25, 0.3) is 0 Å². The normalized spacial score (nSPS) is 28.7. The lowest BCUT2D eigenvalue weighted by Gasteiger charge is -2.19. The highest BCUT2D eigenvalue weighted by atomic mass is 32.2. The number of hydrogen-bond donors (Lipinski definition) is 1. The first-order valence-corrected chi connectivity index (χ1v) is 9.03. The highest BCUT2D eigenvalue weighted by Crippen LogP contribution is 2.34. The zero-order valence-corrected chi connectivity index (χ0v) is 13.2. The summed E-state index contributed by atoms with van der Waals surface area (Å²) in [6, 6.07) is 3.27. The molecule has 1 aromatic heterocycles. The average Bonchev–Trinajstić information content (AvgIpc) is 3.21. The summed E-state index contributed by atoms with van der Waals surface area (Å²) in [7, 11) is -3.18. The molecule has 3 rings (SSSR count). The Bertz CT molecular complexity index is 628. The Morgan fingerprint density at radius 3 is 2.95 bits per heavy atom. The Labute approximate surface area is 129 Å². The van der Waals surface area contributed by atoms with Crippen molar-refractivity contribution >= 4 is 15.9 Å². The summed E-state index contributed by atoms with van der Waals surface area (Å²) in [4.78, 5) is 11.9. The SMILES string of the molecule is CCS(=O)(=O)N1C[C@@H]2[C@@H](CNC(=O)c3ccco3)CO[C@@H]2C1. The van der Waals surface area contributed by atoms with Crippen molar-refractivity contribution in [2.75, 3.05) is 32.0 Å². The fourth-order valence-electron chi connectivity index (χ4n) is 3.10. The molecular weight excluding hydrogens is 308 g/mol. The van der Waals surface area contributed by atoms with E-state index in [4.69, 9.17) is 9.15 Å². The molecule has 7 nitrogen and oxygen atoms in total. The molecule has 0 aromatic carbocycles. The molecule has 2 fully saturated rings. The molecule has 122 valence electrons. The Morgan fingerprint density at radius 1 is 1.45 bits per heavy atom. The molecule has 8 heteroatoms. The van der Waals surface area contributed by atoms with Gasteiger partial charge in [0.25, 0.3) is 5.91 Å². The van der Waals surface area contributed by atoms with Gasteiger partial charge in [-0.05, 0) is 19.1 Å². The average molecular weight is 328 g/mol. The van der Waals surface area contributed by atoms with Gasteiger partial charge in [0.05, 0.1) is 24.7 Å². The van der Waals surface area contributed by atoms with Crippen molar-refractivity contribution in [1.82, 2.24) is 9.62 Å². The van der Waals surface area contributed by atoms with Crippen LogP contribution in [0.15, 0.2) is 22.8 Å². The van der Waals surface area contributed by atoms with E-state index in [2.05, 4.69) is 5.32 Å². The number of hydrogen-bond acceptors (Lipinski definition) is 5. The molecule has 2 saturated heterocycles. The van der Waals surface area contributed by atoms with Gasteiger partial charge in [-0.1, -0.05) is 0 Å². The van der Waals surface area contributed by atoms with Crippen molar-refractivity contribution in [2.45, 2.75) is 13.0 Å². The summed E-state index contributed by atoms with van der Waals surface area (Å²) in [6.45, 7) is 3.55. The molecule has 0 bridgehead atoms. The van der Waals surface area contributed by atoms with Gasteiger partial charge < -0.3 is 14.5 Å². The highest BCUT2D eigenvalue weighted by Gasteiger charge is 2.46. The predicted octanol–water partition coefficient (Wildman–Crippen LogP) is 0.306. The third-order valence-corrected chi connectivity index (χ3v) is 6.25. The topological polar surface area (TPSA) is 88.9 Å². The number of nitrogens with one attached hydrogen (secondary N) is 1. The van der Waals surface area contributed by atoms with Crippen LogP contribution in [0.3, 0.4) is 0 Å². The van der Waals surface area contributed by atoms with E-state index in [1.54, 1.807) is 19.1 Å². The number of rotatable bonds is 5. The Morgan fingerprint density at radius 2 is 2.27 bits per heavy atom. The van der Waals surface area contributed by atoms with Crippen molar-refractivity contribution in [3.05, 3.63) is 24.2 Å². The predicted molar refractivity (Wildman–Crippen MR) is 78.8 cm³/mol. The van der Waals surface area contributed by atoms with Crippen LogP contribution in [0.2, 0.25) is 0 Å². The molecule has 0 radical (unpaired) electrons. The van der Waals surface area contributed by atoms with E-state index in [1.165, 1.54) is 10.6 Å². The van der Waals surface area contributed by atoms with E-state index >= 15 is 0 Å². The molecule has 3 atom stereocenters. The van der Waals surface area contributed by atoms with Crippen LogP contribution in [-0.2, 0) is 14.8 Å². The van der Waals surface area contributed by atoms with E-state index in [9.17, 15) is 13.2 Å². The molecule has 1 amide bonds. The summed E-state index contributed by atoms with van der Waals surface area (Å²) in [5.74, 6) is 0.382. The van der Waals surface area contributed by atoms with Crippen LogP contribution in [-0.4, -0.2) is 56.7 Å². The second-order valence-corrected chi connectivity index (χ2v) is 7.96. The Kier molecular flexibility index (Phi) is 4.24. The maximum Gasteiger partial charge on any atom is 0.286 e. The maximum absolute atomic E-state index is 11.9. The minimum absolute atomic E-state index is 0.0631. The molecule has 2 aliphatic heterocycles. The van der Waals surface area contributed by atoms with Gasteiger partial charge in [-0.15, -0.1) is 0 Å². The molecule has 1 aromatic rings. The summed E-state index contributed by atoms with van der Waals surface area (Å²) in [5, 5.41) is 2.83. The second kappa shape index (κ2) is 6.02. The number of amides is 1. The van der Waals surface area contributed by atoms with Gasteiger partial charge in [0, 0.05) is 31.5 Å². The Hall–Kier alpha value is -1.38. The lowest BCUT2D eigenvalue weighted by molar-refractivity contribution is 0.0907. The molecule has 3 heterocycles. The van der Waals surface area contributed by atoms with E-state index in [-0.39, 0.29) is 35.4 Å². The van der Waals surface area contributed by atoms with Crippen molar-refractivity contribution in [3.8, 4) is 0 Å². The van der Waals surface area contributed by atoms with E-state index in [1.807, 2.05) is 0 Å². The standard InChI is InChI=1S/C14H20N2O5S/c1-2-22(18,19)16-7-11-10(9-21-13(11)8-16)6-15-14(17)12-4-3-5-20-12/h3-5,10-11,13H,2,6-9H2,1H3,(H,15,17)/t10-,11+,13+/m0/s1. The Balaban J connectivity index is 1.57. The first kappa shape index (κ1) is 15.5. The minimum Gasteiger partial charge on any atom is -0.459 e. The number of nitrogens with zero attached hydrogens (tertiary/aromatic N) is 1. The maximum atomic E-state index is 11.9. The van der Waals surface area contributed by atoms with Gasteiger partial charge in [-0.3, -0.25) is 4.79 Å². The number of sulfonamides is 1. The molecule has 2 aliphatic rings. The molecule has 0 saturated carbocycles. The first-order valence-electron chi connectivity index (χ1n) is 7.42. The van der Waals surface area contributed by atoms with Crippen LogP contribution >= 0.6 is 0 Å². The third kappa shape index (κ3) is 2.90. The van der Waals surface area contributed by atoms with Gasteiger partial charge in [0.1, 0.15) is 0 Å². The lowest BCUT2D eigenvalue weighted by Crippen LogP contribution is -2.35. The van der Waals surface area contributed by atoms with Gasteiger partial charge >= 0.3 is 0 Å². The van der Waals surface area contributed by atoms with E-state index in [0.717, 1.165) is 0 Å².